The van der Waals surface area contributed by atoms with E-state index >= 15 is 0 Å². The third-order valence-electron chi connectivity index (χ3n) is 12.6. The molecule has 13 aromatic rings. The van der Waals surface area contributed by atoms with Gasteiger partial charge in [-0.1, -0.05) is 109 Å². The van der Waals surface area contributed by atoms with Crippen LogP contribution in [0.2, 0.25) is 0 Å². The zero-order valence-electron chi connectivity index (χ0n) is 31.0. The third-order valence-corrected chi connectivity index (χ3v) is 13.8. The van der Waals surface area contributed by atoms with E-state index in [1.54, 1.807) is 0 Å². The number of nitrogens with zero attached hydrogens (tertiary/aromatic N) is 1. The summed E-state index contributed by atoms with van der Waals surface area (Å²) in [6, 6.07) is 59.5. The van der Waals surface area contributed by atoms with Crippen molar-refractivity contribution in [3.05, 3.63) is 164 Å². The van der Waals surface area contributed by atoms with E-state index in [2.05, 4.69) is 168 Å². The fourth-order valence-corrected chi connectivity index (χ4v) is 11.3. The van der Waals surface area contributed by atoms with Gasteiger partial charge in [0.1, 0.15) is 22.3 Å². The lowest BCUT2D eigenvalue weighted by Crippen LogP contribution is -2.41. The highest BCUT2D eigenvalue weighted by molar-refractivity contribution is 7.26. The van der Waals surface area contributed by atoms with Crippen molar-refractivity contribution in [2.75, 3.05) is 4.90 Å². The van der Waals surface area contributed by atoms with Gasteiger partial charge in [0.15, 0.2) is 7.28 Å². The average Bonchev–Trinajstić information content (AvgIpc) is 4.04. The Morgan fingerprint density at radius 2 is 1.21 bits per heavy atom. The topological polar surface area (TPSA) is 45.3 Å². The molecule has 0 unspecified atom stereocenters. The summed E-state index contributed by atoms with van der Waals surface area (Å²) in [6.45, 7) is 0. The second-order valence-electron chi connectivity index (χ2n) is 15.7. The summed E-state index contributed by atoms with van der Waals surface area (Å²) in [4.78, 5) is 6.46. The van der Waals surface area contributed by atoms with Gasteiger partial charge >= 0.3 is 0 Å². The first kappa shape index (κ1) is 30.9. The number of hydrogen-bond acceptors (Lipinski definition) is 4. The van der Waals surface area contributed by atoms with Gasteiger partial charge in [-0.05, 0) is 82.5 Å². The predicted molar refractivity (Wildman–Crippen MR) is 247 cm³/mol. The summed E-state index contributed by atoms with van der Waals surface area (Å²) in [6.07, 6.45) is 0. The fraction of sp³-hybridized carbons (Fsp3) is 0. The molecule has 1 aliphatic rings. The predicted octanol–water partition coefficient (Wildman–Crippen LogP) is 13.5. The number of nitrogens with one attached hydrogen (secondary N) is 1. The first-order valence-corrected chi connectivity index (χ1v) is 20.6. The van der Waals surface area contributed by atoms with E-state index in [1.165, 1.54) is 75.1 Å². The molecule has 0 fully saturated rings. The zero-order valence-corrected chi connectivity index (χ0v) is 31.8. The standard InChI is InChI=1S/C52H29BN2O2S/c1-2-11-30-28(10-1)20-22-41-48(30)35-16-9-15-34(50(35)54-41)38-25-39-33-14-5-8-19-47(33)58-52(39)51-49(38)53-40-27-46-37(32-13-4-7-18-44(32)57-46)26-42(40)55(51)29-21-23-45-36(24-29)31-12-3-6-17-43(31)56-45/h1-27,53-54H. The smallest absolute Gasteiger partial charge is 0.198 e. The highest BCUT2D eigenvalue weighted by atomic mass is 32.1. The molecule has 0 aliphatic carbocycles. The van der Waals surface area contributed by atoms with Gasteiger partial charge in [0.25, 0.3) is 0 Å². The number of aromatic nitrogens is 1. The molecule has 0 atom stereocenters. The molecule has 0 spiro atoms. The number of thiophene rings is 1. The van der Waals surface area contributed by atoms with E-state index in [4.69, 9.17) is 8.83 Å². The minimum Gasteiger partial charge on any atom is -0.456 e. The van der Waals surface area contributed by atoms with Gasteiger partial charge in [0.05, 0.1) is 15.9 Å². The van der Waals surface area contributed by atoms with Crippen LogP contribution in [0.25, 0.3) is 108 Å². The molecule has 1 N–H and O–H groups in total. The van der Waals surface area contributed by atoms with E-state index < -0.39 is 0 Å². The number of H-pyrrole nitrogens is 1. The molecule has 0 radical (unpaired) electrons. The summed E-state index contributed by atoms with van der Waals surface area (Å²) in [5, 5.41) is 12.0. The van der Waals surface area contributed by atoms with E-state index in [0.29, 0.717) is 0 Å². The van der Waals surface area contributed by atoms with Crippen molar-refractivity contribution >= 4 is 143 Å². The molecule has 0 amide bonds. The lowest BCUT2D eigenvalue weighted by atomic mass is 9.58. The Balaban J connectivity index is 1.13. The van der Waals surface area contributed by atoms with E-state index in [-0.39, 0.29) is 0 Å². The summed E-state index contributed by atoms with van der Waals surface area (Å²) >= 11 is 1.89. The van der Waals surface area contributed by atoms with Gasteiger partial charge in [-0.25, -0.2) is 0 Å². The minimum atomic E-state index is 0.754. The monoisotopic (exact) mass is 756 g/mol. The number of rotatable bonds is 2. The van der Waals surface area contributed by atoms with E-state index in [1.807, 2.05) is 17.4 Å². The normalized spacial score (nSPS) is 12.9. The summed E-state index contributed by atoms with van der Waals surface area (Å²) in [7, 11) is 0.754. The molecule has 4 aromatic heterocycles. The number of aromatic amines is 1. The van der Waals surface area contributed by atoms with Crippen molar-refractivity contribution in [2.24, 2.45) is 0 Å². The Bertz CT molecular complexity index is 3920. The first-order valence-electron chi connectivity index (χ1n) is 19.8. The van der Waals surface area contributed by atoms with E-state index in [0.717, 1.165) is 67.9 Å². The molecule has 0 saturated heterocycles. The molecule has 1 aliphatic heterocycles. The summed E-state index contributed by atoms with van der Waals surface area (Å²) < 4.78 is 15.5. The van der Waals surface area contributed by atoms with Gasteiger partial charge in [0.2, 0.25) is 0 Å². The van der Waals surface area contributed by atoms with Crippen LogP contribution in [0.15, 0.2) is 173 Å². The number of anilines is 3. The van der Waals surface area contributed by atoms with Crippen LogP contribution in [0.1, 0.15) is 0 Å². The fourth-order valence-electron chi connectivity index (χ4n) is 10.0. The number of benzene rings is 9. The first-order chi connectivity index (χ1) is 28.7. The van der Waals surface area contributed by atoms with Crippen LogP contribution in [0.4, 0.5) is 17.1 Å². The van der Waals surface area contributed by atoms with Crippen LogP contribution in [0, 0.1) is 0 Å². The minimum absolute atomic E-state index is 0.754. The second-order valence-corrected chi connectivity index (χ2v) is 16.7. The maximum Gasteiger partial charge on any atom is 0.198 e. The molecule has 0 saturated carbocycles. The number of hydrogen-bond donors (Lipinski definition) is 1. The van der Waals surface area contributed by atoms with Gasteiger partial charge in [-0.15, -0.1) is 11.3 Å². The Labute approximate surface area is 335 Å². The maximum absolute atomic E-state index is 6.56. The van der Waals surface area contributed by atoms with Crippen LogP contribution in [-0.4, -0.2) is 12.3 Å². The number of fused-ring (bicyclic) bond motifs is 17. The highest BCUT2D eigenvalue weighted by Crippen LogP contribution is 2.49. The van der Waals surface area contributed by atoms with Crippen molar-refractivity contribution in [2.45, 2.75) is 0 Å². The number of para-hydroxylation sites is 3. The molecule has 268 valence electrons. The van der Waals surface area contributed by atoms with Crippen LogP contribution in [-0.2, 0) is 0 Å². The van der Waals surface area contributed by atoms with Crippen molar-refractivity contribution in [3.8, 4) is 11.1 Å². The Morgan fingerprint density at radius 1 is 0.500 bits per heavy atom. The van der Waals surface area contributed by atoms with Gasteiger partial charge in [0, 0.05) is 70.2 Å². The molecule has 6 heteroatoms. The SMILES string of the molecule is B1c2cc3oc4ccccc4c3cc2N(c2ccc3oc4ccccc4c3c2)c2c1c(-c1cccc3c1[nH]c1ccc4ccccc4c13)cc1c2sc2ccccc21. The quantitative estimate of drug-likeness (QED) is 0.179. The Hall–Kier alpha value is -7.28. The summed E-state index contributed by atoms with van der Waals surface area (Å²) in [5.74, 6) is 0. The number of furan rings is 2. The largest absolute Gasteiger partial charge is 0.456 e. The second kappa shape index (κ2) is 11.2. The van der Waals surface area contributed by atoms with Crippen LogP contribution in [0.3, 0.4) is 0 Å². The lowest BCUT2D eigenvalue weighted by molar-refractivity contribution is 0.669. The highest BCUT2D eigenvalue weighted by Gasteiger charge is 2.33. The molecule has 9 aromatic carbocycles. The van der Waals surface area contributed by atoms with Crippen molar-refractivity contribution < 1.29 is 8.83 Å². The Kier molecular flexibility index (Phi) is 5.96. The Morgan fingerprint density at radius 3 is 2.07 bits per heavy atom. The van der Waals surface area contributed by atoms with Crippen molar-refractivity contribution in [1.29, 1.82) is 0 Å². The molecule has 58 heavy (non-hydrogen) atoms. The molecule has 4 nitrogen and oxygen atoms in total. The lowest BCUT2D eigenvalue weighted by Gasteiger charge is -2.35. The molecule has 0 bridgehead atoms. The summed E-state index contributed by atoms with van der Waals surface area (Å²) in [5.41, 5.74) is 14.4. The molecular weight excluding hydrogens is 727 g/mol. The van der Waals surface area contributed by atoms with Crippen molar-refractivity contribution in [1.82, 2.24) is 4.98 Å². The third kappa shape index (κ3) is 4.09. The van der Waals surface area contributed by atoms with Gasteiger partial charge in [-0.2, -0.15) is 0 Å². The molecular formula is C52H29BN2O2S. The van der Waals surface area contributed by atoms with E-state index in [9.17, 15) is 0 Å². The van der Waals surface area contributed by atoms with Crippen LogP contribution < -0.4 is 15.8 Å². The van der Waals surface area contributed by atoms with Gasteiger partial charge in [-0.3, -0.25) is 0 Å². The van der Waals surface area contributed by atoms with Crippen LogP contribution >= 0.6 is 11.3 Å². The molecule has 14 rings (SSSR count). The molecule has 5 heterocycles. The maximum atomic E-state index is 6.56. The zero-order chi connectivity index (χ0) is 37.6. The average molecular weight is 757 g/mol. The van der Waals surface area contributed by atoms with Crippen molar-refractivity contribution in [3.63, 3.8) is 0 Å². The van der Waals surface area contributed by atoms with Crippen LogP contribution in [0.5, 0.6) is 0 Å². The van der Waals surface area contributed by atoms with Gasteiger partial charge < -0.3 is 18.7 Å².